The lowest BCUT2D eigenvalue weighted by molar-refractivity contribution is 0.215. The third kappa shape index (κ3) is 5.18. The Morgan fingerprint density at radius 2 is 1.51 bits per heavy atom. The number of hydrogen-bond acceptors (Lipinski definition) is 5. The monoisotopic (exact) mass is 492 g/mol. The van der Waals surface area contributed by atoms with Crippen LogP contribution < -0.4 is 19.5 Å². The number of fused-ring (bicyclic) bond motifs is 3. The van der Waals surface area contributed by atoms with Crippen molar-refractivity contribution < 1.29 is 22.7 Å². The third-order valence-corrected chi connectivity index (χ3v) is 8.43. The number of rotatable bonds is 6. The predicted octanol–water partition coefficient (Wildman–Crippen LogP) is 4.78. The molecule has 1 saturated carbocycles. The van der Waals surface area contributed by atoms with Crippen molar-refractivity contribution in [1.29, 1.82) is 0 Å². The zero-order chi connectivity index (χ0) is 24.4. The minimum absolute atomic E-state index is 0.107. The lowest BCUT2D eigenvalue weighted by Gasteiger charge is -2.23. The first kappa shape index (κ1) is 23.4. The average molecular weight is 493 g/mol. The summed E-state index contributed by atoms with van der Waals surface area (Å²) in [6.07, 6.45) is 2.98. The van der Waals surface area contributed by atoms with Crippen molar-refractivity contribution in [1.82, 2.24) is 4.72 Å². The summed E-state index contributed by atoms with van der Waals surface area (Å²) in [6.45, 7) is 0. The number of hydrogen-bond donors (Lipinski definition) is 2. The maximum atomic E-state index is 13.0. The van der Waals surface area contributed by atoms with Crippen LogP contribution in [0.15, 0.2) is 77.7 Å². The van der Waals surface area contributed by atoms with Gasteiger partial charge in [0, 0.05) is 11.7 Å². The van der Waals surface area contributed by atoms with Gasteiger partial charge in [-0.15, -0.1) is 0 Å². The van der Waals surface area contributed by atoms with E-state index >= 15 is 0 Å². The summed E-state index contributed by atoms with van der Waals surface area (Å²) in [5.41, 5.74) is 3.00. The van der Waals surface area contributed by atoms with E-state index in [9.17, 15) is 13.2 Å². The summed E-state index contributed by atoms with van der Waals surface area (Å²) >= 11 is 0. The Balaban J connectivity index is 1.28. The topological polar surface area (TPSA) is 93.7 Å². The number of benzene rings is 3. The zero-order valence-electron chi connectivity index (χ0n) is 19.4. The number of nitrogens with one attached hydrogen (secondary N) is 2. The van der Waals surface area contributed by atoms with Crippen LogP contribution in [0.5, 0.6) is 11.5 Å². The van der Waals surface area contributed by atoms with E-state index in [0.29, 0.717) is 22.1 Å². The zero-order valence-corrected chi connectivity index (χ0v) is 20.3. The molecule has 1 amide bonds. The third-order valence-electron chi connectivity index (χ3n) is 6.96. The van der Waals surface area contributed by atoms with Gasteiger partial charge in [-0.3, -0.25) is 5.32 Å². The summed E-state index contributed by atoms with van der Waals surface area (Å²) in [4.78, 5) is 12.7. The fourth-order valence-electron chi connectivity index (χ4n) is 5.22. The van der Waals surface area contributed by atoms with E-state index in [2.05, 4.69) is 10.0 Å². The van der Waals surface area contributed by atoms with Gasteiger partial charge in [-0.25, -0.2) is 17.9 Å². The van der Waals surface area contributed by atoms with Gasteiger partial charge < -0.3 is 9.47 Å². The molecule has 2 aliphatic carbocycles. The van der Waals surface area contributed by atoms with E-state index < -0.39 is 16.1 Å². The Labute approximate surface area is 205 Å². The molecule has 5 rings (SSSR count). The smallest absolute Gasteiger partial charge is 0.417 e. The molecule has 0 saturated heterocycles. The van der Waals surface area contributed by atoms with E-state index in [0.717, 1.165) is 31.2 Å². The van der Waals surface area contributed by atoms with E-state index in [1.54, 1.807) is 55.6 Å². The first-order valence-corrected chi connectivity index (χ1v) is 13.2. The number of anilines is 1. The highest BCUT2D eigenvalue weighted by Gasteiger charge is 2.41. The van der Waals surface area contributed by atoms with Crippen LogP contribution in [-0.4, -0.2) is 27.7 Å². The molecule has 0 radical (unpaired) electrons. The Bertz CT molecular complexity index is 1310. The molecular formula is C27H28N2O5S. The molecule has 182 valence electrons. The highest BCUT2D eigenvalue weighted by atomic mass is 32.2. The maximum absolute atomic E-state index is 13.0. The summed E-state index contributed by atoms with van der Waals surface area (Å²) < 4.78 is 39.5. The standard InChI is InChI=1S/C27H28N2O5S/c1-33-23-11-13-24(14-12-23)34-27(30)28-22-10-9-18-15-19-7-8-20(16-21(18)17-22)26(19)29-35(31,32)25-5-3-2-4-6-25/h2-6,9-14,17,19-20,26,29H,7-8,15-16H2,1H3,(H,28,30). The highest BCUT2D eigenvalue weighted by molar-refractivity contribution is 7.89. The quantitative estimate of drug-likeness (QED) is 0.517. The van der Waals surface area contributed by atoms with Gasteiger partial charge in [-0.1, -0.05) is 24.3 Å². The maximum Gasteiger partial charge on any atom is 0.417 e. The lowest BCUT2D eigenvalue weighted by atomic mass is 9.93. The Hall–Kier alpha value is -3.36. The second-order valence-corrected chi connectivity index (χ2v) is 10.9. The molecule has 3 unspecified atom stereocenters. The minimum Gasteiger partial charge on any atom is -0.497 e. The van der Waals surface area contributed by atoms with E-state index in [1.165, 1.54) is 5.56 Å². The summed E-state index contributed by atoms with van der Waals surface area (Å²) in [7, 11) is -2.00. The Morgan fingerprint density at radius 3 is 2.20 bits per heavy atom. The number of carbonyl (C=O) groups is 1. The van der Waals surface area contributed by atoms with E-state index in [1.807, 2.05) is 24.3 Å². The van der Waals surface area contributed by atoms with E-state index in [-0.39, 0.29) is 17.9 Å². The molecule has 0 aromatic heterocycles. The second kappa shape index (κ2) is 9.71. The van der Waals surface area contributed by atoms with Gasteiger partial charge in [-0.2, -0.15) is 0 Å². The molecule has 3 aromatic carbocycles. The summed E-state index contributed by atoms with van der Waals surface area (Å²) in [5.74, 6) is 1.56. The van der Waals surface area contributed by atoms with Crippen LogP contribution in [0, 0.1) is 11.8 Å². The second-order valence-electron chi connectivity index (χ2n) is 9.14. The average Bonchev–Trinajstić information content (AvgIpc) is 3.13. The van der Waals surface area contributed by atoms with Crippen LogP contribution in [0.3, 0.4) is 0 Å². The molecule has 2 aliphatic rings. The van der Waals surface area contributed by atoms with Crippen molar-refractivity contribution in [2.45, 2.75) is 36.6 Å². The SMILES string of the molecule is COc1ccc(OC(=O)Nc2ccc3c(c2)CC2CCC(C3)C2NS(=O)(=O)c2ccccc2)cc1. The van der Waals surface area contributed by atoms with Crippen LogP contribution in [-0.2, 0) is 22.9 Å². The molecule has 0 aliphatic heterocycles. The number of ether oxygens (including phenoxy) is 2. The van der Waals surface area contributed by atoms with Crippen LogP contribution in [0.25, 0.3) is 0 Å². The highest BCUT2D eigenvalue weighted by Crippen LogP contribution is 2.41. The Kier molecular flexibility index (Phi) is 6.49. The van der Waals surface area contributed by atoms with Crippen LogP contribution >= 0.6 is 0 Å². The fraction of sp³-hybridized carbons (Fsp3) is 0.296. The molecule has 35 heavy (non-hydrogen) atoms. The number of carbonyl (C=O) groups excluding carboxylic acids is 1. The van der Waals surface area contributed by atoms with Crippen LogP contribution in [0.2, 0.25) is 0 Å². The van der Waals surface area contributed by atoms with Crippen LogP contribution in [0.4, 0.5) is 10.5 Å². The lowest BCUT2D eigenvalue weighted by Crippen LogP contribution is -2.41. The Morgan fingerprint density at radius 1 is 0.857 bits per heavy atom. The molecule has 0 heterocycles. The predicted molar refractivity (Wildman–Crippen MR) is 133 cm³/mol. The van der Waals surface area contributed by atoms with Crippen LogP contribution in [0.1, 0.15) is 24.0 Å². The fourth-order valence-corrected chi connectivity index (χ4v) is 6.62. The molecule has 7 nitrogen and oxygen atoms in total. The molecule has 0 spiro atoms. The molecule has 3 atom stereocenters. The van der Waals surface area contributed by atoms with E-state index in [4.69, 9.17) is 9.47 Å². The minimum atomic E-state index is -3.58. The van der Waals surface area contributed by atoms with Gasteiger partial charge in [-0.05, 0) is 97.2 Å². The van der Waals surface area contributed by atoms with Crippen molar-refractivity contribution in [3.05, 3.63) is 83.9 Å². The van der Waals surface area contributed by atoms with Gasteiger partial charge in [0.25, 0.3) is 0 Å². The first-order valence-electron chi connectivity index (χ1n) is 11.7. The molecule has 2 N–H and O–H groups in total. The number of methoxy groups -OCH3 is 1. The van der Waals surface area contributed by atoms with Crippen molar-refractivity contribution >= 4 is 21.8 Å². The number of sulfonamides is 1. The molecule has 8 heteroatoms. The molecule has 2 bridgehead atoms. The van der Waals surface area contributed by atoms with Crippen molar-refractivity contribution in [2.24, 2.45) is 11.8 Å². The summed E-state index contributed by atoms with van der Waals surface area (Å²) in [6, 6.07) is 21.1. The molecule has 3 aromatic rings. The van der Waals surface area contributed by atoms with Gasteiger partial charge in [0.1, 0.15) is 11.5 Å². The number of amides is 1. The normalized spacial score (nSPS) is 21.0. The van der Waals surface area contributed by atoms with Crippen molar-refractivity contribution in [3.8, 4) is 11.5 Å². The van der Waals surface area contributed by atoms with Gasteiger partial charge in [0.15, 0.2) is 0 Å². The largest absolute Gasteiger partial charge is 0.497 e. The van der Waals surface area contributed by atoms with Crippen molar-refractivity contribution in [2.75, 3.05) is 12.4 Å². The van der Waals surface area contributed by atoms with Gasteiger partial charge in [0.05, 0.1) is 12.0 Å². The molecular weight excluding hydrogens is 464 g/mol. The summed E-state index contributed by atoms with van der Waals surface area (Å²) in [5, 5.41) is 2.80. The van der Waals surface area contributed by atoms with Gasteiger partial charge >= 0.3 is 6.09 Å². The molecule has 1 fully saturated rings. The van der Waals surface area contributed by atoms with Crippen molar-refractivity contribution in [3.63, 3.8) is 0 Å². The van der Waals surface area contributed by atoms with Gasteiger partial charge in [0.2, 0.25) is 10.0 Å². The first-order chi connectivity index (χ1) is 16.9.